The van der Waals surface area contributed by atoms with Crippen LogP contribution in [0.2, 0.25) is 0 Å². The van der Waals surface area contributed by atoms with E-state index < -0.39 is 0 Å². The maximum atomic E-state index is 12.5. The summed E-state index contributed by atoms with van der Waals surface area (Å²) >= 11 is 0. The van der Waals surface area contributed by atoms with Gasteiger partial charge in [-0.1, -0.05) is 30.7 Å². The van der Waals surface area contributed by atoms with Crippen molar-refractivity contribution in [3.05, 3.63) is 47.7 Å². The Morgan fingerprint density at radius 2 is 2.00 bits per heavy atom. The van der Waals surface area contributed by atoms with Crippen molar-refractivity contribution < 1.29 is 9.21 Å². The smallest absolute Gasteiger partial charge is 0.192 e. The zero-order valence-electron chi connectivity index (χ0n) is 10.3. The van der Waals surface area contributed by atoms with Crippen LogP contribution in [0.15, 0.2) is 46.6 Å². The molecule has 0 amide bonds. The first-order valence-corrected chi connectivity index (χ1v) is 6.56. The van der Waals surface area contributed by atoms with E-state index in [0.29, 0.717) is 5.56 Å². The normalized spacial score (nSPS) is 16.3. The van der Waals surface area contributed by atoms with Crippen molar-refractivity contribution in [3.8, 4) is 0 Å². The fourth-order valence-corrected chi connectivity index (χ4v) is 2.55. The molecule has 0 radical (unpaired) electrons. The van der Waals surface area contributed by atoms with E-state index in [-0.39, 0.29) is 5.78 Å². The van der Waals surface area contributed by atoms with E-state index in [0.717, 1.165) is 35.8 Å². The van der Waals surface area contributed by atoms with Gasteiger partial charge in [-0.3, -0.25) is 4.79 Å². The van der Waals surface area contributed by atoms with Crippen molar-refractivity contribution in [1.82, 2.24) is 0 Å². The Balaban J connectivity index is 1.99. The molecular formula is C16H16O2. The van der Waals surface area contributed by atoms with Crippen LogP contribution in [0.3, 0.4) is 0 Å². The number of fused-ring (bicyclic) bond motifs is 1. The van der Waals surface area contributed by atoms with Gasteiger partial charge in [0.2, 0.25) is 0 Å². The second kappa shape index (κ2) is 4.81. The van der Waals surface area contributed by atoms with Gasteiger partial charge >= 0.3 is 0 Å². The van der Waals surface area contributed by atoms with Crippen LogP contribution in [0.5, 0.6) is 0 Å². The molecule has 0 N–H and O–H groups in total. The Hall–Kier alpha value is -1.83. The quantitative estimate of drug-likeness (QED) is 0.723. The first-order valence-electron chi connectivity index (χ1n) is 6.56. The fraction of sp³-hybridized carbons (Fsp3) is 0.312. The van der Waals surface area contributed by atoms with Crippen LogP contribution < -0.4 is 0 Å². The minimum Gasteiger partial charge on any atom is -0.464 e. The third-order valence-electron chi connectivity index (χ3n) is 3.56. The topological polar surface area (TPSA) is 30.2 Å². The highest BCUT2D eigenvalue weighted by atomic mass is 16.3. The second-order valence-corrected chi connectivity index (χ2v) is 4.80. The van der Waals surface area contributed by atoms with Gasteiger partial charge in [0.05, 0.1) is 5.56 Å². The molecule has 2 heteroatoms. The third-order valence-corrected chi connectivity index (χ3v) is 3.56. The monoisotopic (exact) mass is 240 g/mol. The van der Waals surface area contributed by atoms with Crippen LogP contribution in [0.4, 0.5) is 0 Å². The average molecular weight is 240 g/mol. The molecule has 0 saturated carbocycles. The molecule has 1 aliphatic carbocycles. The lowest BCUT2D eigenvalue weighted by Gasteiger charge is -2.02. The lowest BCUT2D eigenvalue weighted by Crippen LogP contribution is -2.02. The van der Waals surface area contributed by atoms with E-state index in [1.807, 2.05) is 24.3 Å². The van der Waals surface area contributed by atoms with Gasteiger partial charge < -0.3 is 4.42 Å². The summed E-state index contributed by atoms with van der Waals surface area (Å²) in [6, 6.07) is 7.71. The summed E-state index contributed by atoms with van der Waals surface area (Å²) < 4.78 is 5.44. The summed E-state index contributed by atoms with van der Waals surface area (Å²) in [6.45, 7) is 0. The van der Waals surface area contributed by atoms with E-state index in [2.05, 4.69) is 6.08 Å². The second-order valence-electron chi connectivity index (χ2n) is 4.80. The number of carbonyl (C=O) groups is 1. The van der Waals surface area contributed by atoms with E-state index in [4.69, 9.17) is 4.42 Å². The predicted octanol–water partition coefficient (Wildman–Crippen LogP) is 4.51. The highest BCUT2D eigenvalue weighted by Gasteiger charge is 2.18. The molecule has 0 unspecified atom stereocenters. The van der Waals surface area contributed by atoms with Gasteiger partial charge in [0, 0.05) is 5.39 Å². The summed E-state index contributed by atoms with van der Waals surface area (Å²) in [5.74, 6) is 0.141. The van der Waals surface area contributed by atoms with Crippen LogP contribution in [-0.4, -0.2) is 5.78 Å². The summed E-state index contributed by atoms with van der Waals surface area (Å²) in [6.07, 6.45) is 9.17. The fourth-order valence-electron chi connectivity index (χ4n) is 2.55. The van der Waals surface area contributed by atoms with Crippen LogP contribution >= 0.6 is 0 Å². The van der Waals surface area contributed by atoms with Gasteiger partial charge in [0.1, 0.15) is 11.8 Å². The molecule has 2 aromatic rings. The molecule has 0 fully saturated rings. The van der Waals surface area contributed by atoms with Crippen molar-refractivity contribution in [3.63, 3.8) is 0 Å². The number of furan rings is 1. The lowest BCUT2D eigenvalue weighted by molar-refractivity contribution is 0.103. The number of para-hydroxylation sites is 1. The molecular weight excluding hydrogens is 224 g/mol. The molecule has 0 atom stereocenters. The van der Waals surface area contributed by atoms with Crippen LogP contribution in [0.1, 0.15) is 42.5 Å². The number of rotatable bonds is 2. The minimum absolute atomic E-state index is 0.141. The van der Waals surface area contributed by atoms with Crippen molar-refractivity contribution in [1.29, 1.82) is 0 Å². The number of Topliss-reactive ketones (excluding diaryl/α,β-unsaturated/α-hetero) is 1. The Kier molecular flexibility index (Phi) is 3.01. The van der Waals surface area contributed by atoms with E-state index >= 15 is 0 Å². The summed E-state index contributed by atoms with van der Waals surface area (Å²) in [4.78, 5) is 12.5. The highest BCUT2D eigenvalue weighted by molar-refractivity contribution is 6.15. The Labute approximate surface area is 106 Å². The molecule has 1 aromatic heterocycles. The lowest BCUT2D eigenvalue weighted by atomic mass is 9.99. The molecule has 1 aromatic carbocycles. The van der Waals surface area contributed by atoms with Crippen molar-refractivity contribution in [2.24, 2.45) is 0 Å². The van der Waals surface area contributed by atoms with Crippen LogP contribution in [0.25, 0.3) is 11.0 Å². The van der Waals surface area contributed by atoms with Gasteiger partial charge in [0.25, 0.3) is 0 Å². The van der Waals surface area contributed by atoms with Crippen LogP contribution in [-0.2, 0) is 0 Å². The molecule has 0 bridgehead atoms. The average Bonchev–Trinajstić information content (AvgIpc) is 2.65. The van der Waals surface area contributed by atoms with Gasteiger partial charge in [0.15, 0.2) is 5.78 Å². The minimum atomic E-state index is 0.141. The van der Waals surface area contributed by atoms with Crippen molar-refractivity contribution >= 4 is 16.8 Å². The number of ketones is 1. The Morgan fingerprint density at radius 1 is 1.11 bits per heavy atom. The van der Waals surface area contributed by atoms with E-state index in [1.165, 1.54) is 12.8 Å². The van der Waals surface area contributed by atoms with E-state index in [1.54, 1.807) is 6.26 Å². The molecule has 1 aliphatic rings. The SMILES string of the molecule is O=C(C1=CCCCCC1)c1coc2ccccc12. The largest absolute Gasteiger partial charge is 0.464 e. The molecule has 3 rings (SSSR count). The number of benzene rings is 1. The summed E-state index contributed by atoms with van der Waals surface area (Å²) in [5.41, 5.74) is 2.45. The molecule has 0 saturated heterocycles. The van der Waals surface area contributed by atoms with Gasteiger partial charge in [-0.25, -0.2) is 0 Å². The Morgan fingerprint density at radius 3 is 2.94 bits per heavy atom. The van der Waals surface area contributed by atoms with Gasteiger partial charge in [-0.2, -0.15) is 0 Å². The summed E-state index contributed by atoms with van der Waals surface area (Å²) in [7, 11) is 0. The van der Waals surface area contributed by atoms with Crippen molar-refractivity contribution in [2.75, 3.05) is 0 Å². The number of hydrogen-bond donors (Lipinski definition) is 0. The standard InChI is InChI=1S/C16H16O2/c17-16(12-7-3-1-2-4-8-12)14-11-18-15-10-6-5-9-13(14)15/h5-7,9-11H,1-4,8H2. The van der Waals surface area contributed by atoms with Crippen molar-refractivity contribution in [2.45, 2.75) is 32.1 Å². The number of hydrogen-bond acceptors (Lipinski definition) is 2. The number of allylic oxidation sites excluding steroid dienone is 2. The molecule has 1 heterocycles. The first-order chi connectivity index (χ1) is 8.86. The molecule has 2 nitrogen and oxygen atoms in total. The first kappa shape index (κ1) is 11.3. The maximum Gasteiger partial charge on any atom is 0.192 e. The van der Waals surface area contributed by atoms with Gasteiger partial charge in [-0.15, -0.1) is 0 Å². The predicted molar refractivity (Wildman–Crippen MR) is 71.7 cm³/mol. The zero-order chi connectivity index (χ0) is 12.4. The third kappa shape index (κ3) is 1.99. The summed E-state index contributed by atoms with van der Waals surface area (Å²) in [5, 5.41) is 0.924. The highest BCUT2D eigenvalue weighted by Crippen LogP contribution is 2.26. The van der Waals surface area contributed by atoms with Crippen LogP contribution in [0, 0.1) is 0 Å². The molecule has 0 aliphatic heterocycles. The molecule has 92 valence electrons. The Bertz CT molecular complexity index is 604. The van der Waals surface area contributed by atoms with E-state index in [9.17, 15) is 4.79 Å². The number of carbonyl (C=O) groups excluding carboxylic acids is 1. The maximum absolute atomic E-state index is 12.5. The zero-order valence-corrected chi connectivity index (χ0v) is 10.3. The molecule has 0 spiro atoms. The van der Waals surface area contributed by atoms with Gasteiger partial charge in [-0.05, 0) is 37.3 Å². The molecule has 18 heavy (non-hydrogen) atoms.